The Labute approximate surface area is 112 Å². The van der Waals surface area contributed by atoms with Gasteiger partial charge < -0.3 is 21.3 Å². The van der Waals surface area contributed by atoms with Crippen LogP contribution in [-0.4, -0.2) is 28.3 Å². The van der Waals surface area contributed by atoms with Gasteiger partial charge in [0.25, 0.3) is 5.91 Å². The predicted molar refractivity (Wildman–Crippen MR) is 72.9 cm³/mol. The van der Waals surface area contributed by atoms with Crippen LogP contribution in [0, 0.1) is 0 Å². The van der Waals surface area contributed by atoms with Gasteiger partial charge in [0.2, 0.25) is 0 Å². The van der Waals surface area contributed by atoms with Crippen molar-refractivity contribution in [2.45, 2.75) is 37.6 Å². The highest BCUT2D eigenvalue weighted by molar-refractivity contribution is 6.00. The lowest BCUT2D eigenvalue weighted by Crippen LogP contribution is -2.52. The van der Waals surface area contributed by atoms with Crippen molar-refractivity contribution >= 4 is 11.6 Å². The highest BCUT2D eigenvalue weighted by Gasteiger charge is 2.33. The summed E-state index contributed by atoms with van der Waals surface area (Å²) in [6.45, 7) is -0.0720. The zero-order valence-corrected chi connectivity index (χ0v) is 10.9. The average Bonchev–Trinajstić information content (AvgIpc) is 2.42. The van der Waals surface area contributed by atoms with E-state index in [-0.39, 0.29) is 23.8 Å². The molecular formula is C14H20N2O3. The molecule has 5 nitrogen and oxygen atoms in total. The molecule has 1 saturated carbocycles. The Kier molecular flexibility index (Phi) is 3.95. The van der Waals surface area contributed by atoms with E-state index in [9.17, 15) is 15.0 Å². The molecule has 0 aromatic heterocycles. The summed E-state index contributed by atoms with van der Waals surface area (Å²) in [7, 11) is 0. The standard InChI is InChI=1S/C14H20N2O3/c15-12-5-4-10(18)8-11(12)13(19)16-14(9-17)6-2-1-3-7-14/h4-5,8,17-18H,1-3,6-7,9,15H2,(H,16,19). The number of benzene rings is 1. The van der Waals surface area contributed by atoms with E-state index in [4.69, 9.17) is 5.73 Å². The molecule has 0 unspecified atom stereocenters. The minimum absolute atomic E-state index is 0.000965. The Morgan fingerprint density at radius 3 is 2.63 bits per heavy atom. The van der Waals surface area contributed by atoms with E-state index >= 15 is 0 Å². The largest absolute Gasteiger partial charge is 0.508 e. The molecular weight excluding hydrogens is 244 g/mol. The number of aliphatic hydroxyl groups is 1. The van der Waals surface area contributed by atoms with Crippen LogP contribution >= 0.6 is 0 Å². The third-order valence-corrected chi connectivity index (χ3v) is 3.77. The number of nitrogens with two attached hydrogens (primary N) is 1. The highest BCUT2D eigenvalue weighted by Crippen LogP contribution is 2.29. The van der Waals surface area contributed by atoms with E-state index in [0.29, 0.717) is 5.69 Å². The third kappa shape index (κ3) is 2.98. The normalized spacial score (nSPS) is 17.9. The van der Waals surface area contributed by atoms with Crippen LogP contribution < -0.4 is 11.1 Å². The first-order valence-electron chi connectivity index (χ1n) is 6.58. The van der Waals surface area contributed by atoms with Gasteiger partial charge in [-0.1, -0.05) is 19.3 Å². The van der Waals surface area contributed by atoms with Crippen LogP contribution in [0.1, 0.15) is 42.5 Å². The number of carbonyl (C=O) groups is 1. The molecule has 104 valence electrons. The lowest BCUT2D eigenvalue weighted by molar-refractivity contribution is 0.0759. The number of phenols is 1. The maximum absolute atomic E-state index is 12.2. The molecule has 19 heavy (non-hydrogen) atoms. The van der Waals surface area contributed by atoms with Crippen molar-refractivity contribution in [3.05, 3.63) is 23.8 Å². The third-order valence-electron chi connectivity index (χ3n) is 3.77. The number of aromatic hydroxyl groups is 1. The molecule has 0 radical (unpaired) electrons. The molecule has 1 fully saturated rings. The summed E-state index contributed by atoms with van der Waals surface area (Å²) in [6.07, 6.45) is 4.67. The molecule has 1 aliphatic rings. The molecule has 0 heterocycles. The minimum atomic E-state index is -0.548. The topological polar surface area (TPSA) is 95.6 Å². The van der Waals surface area contributed by atoms with Gasteiger partial charge in [0.1, 0.15) is 5.75 Å². The molecule has 5 heteroatoms. The summed E-state index contributed by atoms with van der Waals surface area (Å²) in [6, 6.07) is 4.28. The summed E-state index contributed by atoms with van der Waals surface area (Å²) in [4.78, 5) is 12.2. The molecule has 0 aliphatic heterocycles. The van der Waals surface area contributed by atoms with Crippen LogP contribution in [-0.2, 0) is 0 Å². The van der Waals surface area contributed by atoms with Gasteiger partial charge in [0.05, 0.1) is 17.7 Å². The predicted octanol–water partition coefficient (Wildman–Crippen LogP) is 1.40. The summed E-state index contributed by atoms with van der Waals surface area (Å²) in [5.41, 5.74) is 5.76. The van der Waals surface area contributed by atoms with Crippen molar-refractivity contribution in [3.8, 4) is 5.75 Å². The average molecular weight is 264 g/mol. The Balaban J connectivity index is 2.17. The van der Waals surface area contributed by atoms with Crippen molar-refractivity contribution in [2.24, 2.45) is 0 Å². The van der Waals surface area contributed by atoms with Gasteiger partial charge in [-0.05, 0) is 31.0 Å². The first kappa shape index (κ1) is 13.7. The maximum Gasteiger partial charge on any atom is 0.254 e. The Morgan fingerprint density at radius 1 is 1.32 bits per heavy atom. The summed E-state index contributed by atoms with van der Waals surface area (Å²) in [5.74, 6) is -0.342. The van der Waals surface area contributed by atoms with Gasteiger partial charge in [0.15, 0.2) is 0 Å². The molecule has 2 rings (SSSR count). The summed E-state index contributed by atoms with van der Waals surface area (Å²) < 4.78 is 0. The van der Waals surface area contributed by atoms with Crippen molar-refractivity contribution < 1.29 is 15.0 Å². The first-order valence-corrected chi connectivity index (χ1v) is 6.58. The highest BCUT2D eigenvalue weighted by atomic mass is 16.3. The molecule has 0 saturated heterocycles. The SMILES string of the molecule is Nc1ccc(O)cc1C(=O)NC1(CO)CCCCC1. The van der Waals surface area contributed by atoms with Gasteiger partial charge in [-0.2, -0.15) is 0 Å². The van der Waals surface area contributed by atoms with Gasteiger partial charge in [-0.15, -0.1) is 0 Å². The number of carbonyl (C=O) groups excluding carboxylic acids is 1. The number of anilines is 1. The lowest BCUT2D eigenvalue weighted by Gasteiger charge is -2.36. The molecule has 1 aliphatic carbocycles. The molecule has 5 N–H and O–H groups in total. The monoisotopic (exact) mass is 264 g/mol. The minimum Gasteiger partial charge on any atom is -0.508 e. The number of hydrogen-bond acceptors (Lipinski definition) is 4. The molecule has 0 spiro atoms. The maximum atomic E-state index is 12.2. The number of hydrogen-bond donors (Lipinski definition) is 4. The van der Waals surface area contributed by atoms with Crippen LogP contribution in [0.4, 0.5) is 5.69 Å². The Morgan fingerprint density at radius 2 is 2.00 bits per heavy atom. The van der Waals surface area contributed by atoms with E-state index in [1.165, 1.54) is 18.2 Å². The van der Waals surface area contributed by atoms with E-state index in [0.717, 1.165) is 32.1 Å². The van der Waals surface area contributed by atoms with Crippen molar-refractivity contribution in [1.82, 2.24) is 5.32 Å². The Bertz CT molecular complexity index is 468. The second-order valence-corrected chi connectivity index (χ2v) is 5.22. The van der Waals surface area contributed by atoms with Crippen molar-refractivity contribution in [3.63, 3.8) is 0 Å². The molecule has 0 atom stereocenters. The zero-order chi connectivity index (χ0) is 13.9. The second kappa shape index (κ2) is 5.48. The van der Waals surface area contributed by atoms with Crippen LogP contribution in [0.15, 0.2) is 18.2 Å². The summed E-state index contributed by atoms with van der Waals surface area (Å²) >= 11 is 0. The second-order valence-electron chi connectivity index (χ2n) is 5.22. The molecule has 1 aromatic carbocycles. The molecule has 1 amide bonds. The van der Waals surface area contributed by atoms with Crippen molar-refractivity contribution in [1.29, 1.82) is 0 Å². The number of nitrogens with one attached hydrogen (secondary N) is 1. The van der Waals surface area contributed by atoms with Crippen LogP contribution in [0.25, 0.3) is 0 Å². The molecule has 0 bridgehead atoms. The number of rotatable bonds is 3. The quantitative estimate of drug-likeness (QED) is 0.490. The van der Waals surface area contributed by atoms with Crippen LogP contribution in [0.5, 0.6) is 5.75 Å². The number of amides is 1. The fourth-order valence-corrected chi connectivity index (χ4v) is 2.60. The van der Waals surface area contributed by atoms with Gasteiger partial charge in [-0.3, -0.25) is 4.79 Å². The lowest BCUT2D eigenvalue weighted by atomic mass is 9.82. The van der Waals surface area contributed by atoms with Gasteiger partial charge in [-0.25, -0.2) is 0 Å². The van der Waals surface area contributed by atoms with E-state index in [1.54, 1.807) is 0 Å². The Hall–Kier alpha value is -1.75. The molecule has 1 aromatic rings. The fraction of sp³-hybridized carbons (Fsp3) is 0.500. The fourth-order valence-electron chi connectivity index (χ4n) is 2.60. The van der Waals surface area contributed by atoms with Gasteiger partial charge >= 0.3 is 0 Å². The number of phenolic OH excluding ortho intramolecular Hbond substituents is 1. The van der Waals surface area contributed by atoms with E-state index < -0.39 is 5.54 Å². The number of nitrogen functional groups attached to an aromatic ring is 1. The van der Waals surface area contributed by atoms with Crippen molar-refractivity contribution in [2.75, 3.05) is 12.3 Å². The zero-order valence-electron chi connectivity index (χ0n) is 10.9. The van der Waals surface area contributed by atoms with Crippen LogP contribution in [0.2, 0.25) is 0 Å². The summed E-state index contributed by atoms with van der Waals surface area (Å²) in [5, 5.41) is 21.9. The first-order chi connectivity index (χ1) is 9.06. The number of aliphatic hydroxyl groups excluding tert-OH is 1. The van der Waals surface area contributed by atoms with E-state index in [2.05, 4.69) is 5.32 Å². The van der Waals surface area contributed by atoms with Crippen LogP contribution in [0.3, 0.4) is 0 Å². The smallest absolute Gasteiger partial charge is 0.254 e. The van der Waals surface area contributed by atoms with E-state index in [1.807, 2.05) is 0 Å². The van der Waals surface area contributed by atoms with Gasteiger partial charge in [0, 0.05) is 5.69 Å².